The van der Waals surface area contributed by atoms with Crippen LogP contribution in [0.4, 0.5) is 10.6 Å². The smallest absolute Gasteiger partial charge is 0.409 e. The van der Waals surface area contributed by atoms with Gasteiger partial charge in [-0.1, -0.05) is 23.7 Å². The topological polar surface area (TPSA) is 74.3 Å². The molecular formula is C18H18ClN5O2. The van der Waals surface area contributed by atoms with Crippen LogP contribution in [-0.4, -0.2) is 59.2 Å². The second-order valence-electron chi connectivity index (χ2n) is 6.26. The van der Waals surface area contributed by atoms with Gasteiger partial charge in [0.1, 0.15) is 11.6 Å². The van der Waals surface area contributed by atoms with Crippen LogP contribution in [0.25, 0.3) is 22.4 Å². The van der Waals surface area contributed by atoms with E-state index < -0.39 is 0 Å². The highest BCUT2D eigenvalue weighted by Crippen LogP contribution is 2.31. The molecule has 0 atom stereocenters. The van der Waals surface area contributed by atoms with Gasteiger partial charge in [-0.3, -0.25) is 0 Å². The molecule has 0 bridgehead atoms. The fraction of sp³-hybridized carbons (Fsp3) is 0.278. The number of nitrogens with one attached hydrogen (secondary N) is 1. The van der Waals surface area contributed by atoms with Crippen LogP contribution >= 0.6 is 11.6 Å². The summed E-state index contributed by atoms with van der Waals surface area (Å²) in [5.74, 6) is 1.52. The predicted octanol–water partition coefficient (Wildman–Crippen LogP) is 3.17. The Morgan fingerprint density at radius 3 is 2.88 bits per heavy atom. The van der Waals surface area contributed by atoms with Crippen molar-refractivity contribution in [3.8, 4) is 11.4 Å². The predicted molar refractivity (Wildman–Crippen MR) is 101 cm³/mol. The first-order valence-electron chi connectivity index (χ1n) is 8.23. The maximum absolute atomic E-state index is 11.6. The van der Waals surface area contributed by atoms with Crippen molar-refractivity contribution in [2.45, 2.75) is 6.04 Å². The zero-order valence-electron chi connectivity index (χ0n) is 14.4. The van der Waals surface area contributed by atoms with E-state index >= 15 is 0 Å². The number of hydrogen-bond donors (Lipinski definition) is 1. The number of imidazole rings is 1. The number of halogens is 1. The van der Waals surface area contributed by atoms with Gasteiger partial charge >= 0.3 is 6.09 Å². The van der Waals surface area contributed by atoms with Crippen LogP contribution in [0.1, 0.15) is 0 Å². The van der Waals surface area contributed by atoms with Crippen LogP contribution in [0.3, 0.4) is 0 Å². The monoisotopic (exact) mass is 371 g/mol. The SMILES string of the molecule is COC(=O)N(C)C1CN(c2cc(-c3nc4ccccc4[nH]3)c(Cl)cn2)C1. The van der Waals surface area contributed by atoms with Crippen molar-refractivity contribution in [2.24, 2.45) is 0 Å². The molecule has 0 unspecified atom stereocenters. The van der Waals surface area contributed by atoms with Crippen LogP contribution in [0.2, 0.25) is 5.02 Å². The second kappa shape index (κ2) is 6.49. The quantitative estimate of drug-likeness (QED) is 0.765. The standard InChI is InChI=1S/C18H18ClN5O2/c1-23(18(25)26-2)11-9-24(10-11)16-7-12(13(19)8-20-16)17-21-14-5-3-4-6-15(14)22-17/h3-8,11H,9-10H2,1-2H3,(H,21,22). The second-order valence-corrected chi connectivity index (χ2v) is 6.67. The molecule has 1 aromatic carbocycles. The van der Waals surface area contributed by atoms with Gasteiger partial charge in [-0.15, -0.1) is 0 Å². The molecule has 134 valence electrons. The minimum atomic E-state index is -0.332. The number of aromatic nitrogens is 3. The Morgan fingerprint density at radius 1 is 1.38 bits per heavy atom. The number of aromatic amines is 1. The Kier molecular flexibility index (Phi) is 4.16. The molecular weight excluding hydrogens is 354 g/mol. The van der Waals surface area contributed by atoms with E-state index in [1.165, 1.54) is 7.11 Å². The van der Waals surface area contributed by atoms with Gasteiger partial charge in [0, 0.05) is 31.9 Å². The molecule has 0 aliphatic carbocycles. The van der Waals surface area contributed by atoms with Gasteiger partial charge in [0.25, 0.3) is 0 Å². The summed E-state index contributed by atoms with van der Waals surface area (Å²) in [6, 6.07) is 9.87. The first-order valence-corrected chi connectivity index (χ1v) is 8.61. The number of carbonyl (C=O) groups excluding carboxylic acids is 1. The van der Waals surface area contributed by atoms with E-state index in [1.807, 2.05) is 30.3 Å². The third-order valence-electron chi connectivity index (χ3n) is 4.68. The lowest BCUT2D eigenvalue weighted by molar-refractivity contribution is 0.110. The first-order chi connectivity index (χ1) is 12.6. The van der Waals surface area contributed by atoms with Crippen LogP contribution < -0.4 is 4.90 Å². The summed E-state index contributed by atoms with van der Waals surface area (Å²) < 4.78 is 4.75. The molecule has 1 aliphatic rings. The lowest BCUT2D eigenvalue weighted by atomic mass is 10.1. The number of rotatable bonds is 3. The summed E-state index contributed by atoms with van der Waals surface area (Å²) >= 11 is 6.35. The summed E-state index contributed by atoms with van der Waals surface area (Å²) in [7, 11) is 3.12. The van der Waals surface area contributed by atoms with E-state index in [1.54, 1.807) is 18.1 Å². The van der Waals surface area contributed by atoms with Crippen molar-refractivity contribution in [2.75, 3.05) is 32.1 Å². The van der Waals surface area contributed by atoms with Crippen LogP contribution in [0.15, 0.2) is 36.5 Å². The minimum Gasteiger partial charge on any atom is -0.453 e. The number of methoxy groups -OCH3 is 1. The molecule has 1 fully saturated rings. The van der Waals surface area contributed by atoms with Gasteiger partial charge in [-0.25, -0.2) is 14.8 Å². The van der Waals surface area contributed by atoms with E-state index in [-0.39, 0.29) is 12.1 Å². The van der Waals surface area contributed by atoms with Crippen molar-refractivity contribution in [3.63, 3.8) is 0 Å². The number of amides is 1. The van der Waals surface area contributed by atoms with Crippen LogP contribution in [0, 0.1) is 0 Å². The highest BCUT2D eigenvalue weighted by Gasteiger charge is 2.34. The number of carbonyl (C=O) groups is 1. The minimum absolute atomic E-state index is 0.106. The van der Waals surface area contributed by atoms with E-state index in [9.17, 15) is 4.79 Å². The molecule has 1 aliphatic heterocycles. The van der Waals surface area contributed by atoms with E-state index in [2.05, 4.69) is 19.9 Å². The summed E-state index contributed by atoms with van der Waals surface area (Å²) in [5.41, 5.74) is 2.65. The highest BCUT2D eigenvalue weighted by molar-refractivity contribution is 6.33. The molecule has 0 saturated carbocycles. The van der Waals surface area contributed by atoms with Crippen LogP contribution in [0.5, 0.6) is 0 Å². The van der Waals surface area contributed by atoms with Crippen molar-refractivity contribution in [1.29, 1.82) is 0 Å². The van der Waals surface area contributed by atoms with E-state index in [0.29, 0.717) is 23.9 Å². The van der Waals surface area contributed by atoms with E-state index in [0.717, 1.165) is 22.4 Å². The molecule has 8 heteroatoms. The molecule has 1 amide bonds. The number of hydrogen-bond acceptors (Lipinski definition) is 5. The fourth-order valence-corrected chi connectivity index (χ4v) is 3.24. The summed E-state index contributed by atoms with van der Waals surface area (Å²) in [6.07, 6.45) is 1.30. The fourth-order valence-electron chi connectivity index (χ4n) is 3.04. The van der Waals surface area contributed by atoms with Gasteiger partial charge in [0.2, 0.25) is 0 Å². The van der Waals surface area contributed by atoms with E-state index in [4.69, 9.17) is 16.3 Å². The Balaban J connectivity index is 1.57. The number of ether oxygens (including phenoxy) is 1. The van der Waals surface area contributed by atoms with Gasteiger partial charge in [0.05, 0.1) is 29.2 Å². The largest absolute Gasteiger partial charge is 0.453 e. The third kappa shape index (κ3) is 2.84. The van der Waals surface area contributed by atoms with Crippen molar-refractivity contribution in [3.05, 3.63) is 41.6 Å². The molecule has 4 rings (SSSR count). The number of fused-ring (bicyclic) bond motifs is 1. The molecule has 3 aromatic rings. The summed E-state index contributed by atoms with van der Waals surface area (Å²) in [5, 5.41) is 0.538. The summed E-state index contributed by atoms with van der Waals surface area (Å²) in [4.78, 5) is 27.6. The maximum Gasteiger partial charge on any atom is 0.409 e. The molecule has 0 radical (unpaired) electrons. The highest BCUT2D eigenvalue weighted by atomic mass is 35.5. The Bertz CT molecular complexity index is 934. The number of H-pyrrole nitrogens is 1. The number of para-hydroxylation sites is 2. The van der Waals surface area contributed by atoms with Crippen molar-refractivity contribution < 1.29 is 9.53 Å². The number of anilines is 1. The molecule has 1 saturated heterocycles. The normalized spacial score (nSPS) is 14.3. The van der Waals surface area contributed by atoms with Crippen molar-refractivity contribution in [1.82, 2.24) is 19.9 Å². The van der Waals surface area contributed by atoms with Gasteiger partial charge in [0.15, 0.2) is 0 Å². The van der Waals surface area contributed by atoms with Crippen molar-refractivity contribution >= 4 is 34.5 Å². The lowest BCUT2D eigenvalue weighted by Gasteiger charge is -2.44. The summed E-state index contributed by atoms with van der Waals surface area (Å²) in [6.45, 7) is 1.39. The maximum atomic E-state index is 11.6. The Hall–Kier alpha value is -2.80. The molecule has 7 nitrogen and oxygen atoms in total. The molecule has 0 spiro atoms. The van der Waals surface area contributed by atoms with Gasteiger partial charge in [-0.2, -0.15) is 0 Å². The van der Waals surface area contributed by atoms with Crippen LogP contribution in [-0.2, 0) is 4.74 Å². The molecule has 3 heterocycles. The number of benzene rings is 1. The molecule has 2 aromatic heterocycles. The van der Waals surface area contributed by atoms with Gasteiger partial charge < -0.3 is 19.5 Å². The lowest BCUT2D eigenvalue weighted by Crippen LogP contribution is -2.60. The zero-order chi connectivity index (χ0) is 18.3. The third-order valence-corrected chi connectivity index (χ3v) is 4.98. The zero-order valence-corrected chi connectivity index (χ0v) is 15.2. The average Bonchev–Trinajstić information content (AvgIpc) is 3.04. The molecule has 1 N–H and O–H groups in total. The Morgan fingerprint density at radius 2 is 2.15 bits per heavy atom. The number of nitrogens with zero attached hydrogens (tertiary/aromatic N) is 4. The Labute approximate surface area is 155 Å². The molecule has 26 heavy (non-hydrogen) atoms. The average molecular weight is 372 g/mol. The number of likely N-dealkylation sites (N-methyl/N-ethyl adjacent to an activating group) is 1. The van der Waals surface area contributed by atoms with Gasteiger partial charge in [-0.05, 0) is 18.2 Å². The number of pyridine rings is 1. The first kappa shape index (κ1) is 16.7.